The molecule has 3 atom stereocenters. The van der Waals surface area contributed by atoms with Gasteiger partial charge in [-0.1, -0.05) is 13.8 Å². The maximum Gasteiger partial charge on any atom is 0.342 e. The van der Waals surface area contributed by atoms with E-state index < -0.39 is 0 Å². The van der Waals surface area contributed by atoms with Gasteiger partial charge in [-0.25, -0.2) is 9.89 Å². The average Bonchev–Trinajstić information content (AvgIpc) is 2.52. The van der Waals surface area contributed by atoms with Crippen LogP contribution in [0, 0.1) is 16.6 Å². The highest BCUT2D eigenvalue weighted by atomic mass is 32.1. The van der Waals surface area contributed by atoms with Gasteiger partial charge in [0.2, 0.25) is 0 Å². The topological polar surface area (TPSA) is 53.6 Å². The largest absolute Gasteiger partial charge is 0.342 e. The summed E-state index contributed by atoms with van der Waals surface area (Å²) in [5.74, 6) is 1.42. The van der Waals surface area contributed by atoms with Crippen molar-refractivity contribution in [3.8, 4) is 0 Å². The normalized spacial score (nSPS) is 31.7. The molecular formula is C10H17N3OS. The molecule has 4 nitrogen and oxygen atoms in total. The Balaban J connectivity index is 2.26. The molecule has 1 aromatic heterocycles. The van der Waals surface area contributed by atoms with Gasteiger partial charge in [-0.2, -0.15) is 0 Å². The Morgan fingerprint density at radius 3 is 2.53 bits per heavy atom. The standard InChI is InChI=1S/C10H17N3OS/c1-6-3-4-8(5-7(6)2)13-9(14)11-12-10(13)15/h6-8H,3-5H2,1-2H3,(H,11,14)(H,12,15). The molecule has 0 bridgehead atoms. The minimum Gasteiger partial charge on any atom is -0.272 e. The SMILES string of the molecule is CC1CCC(n2c(=O)[nH][nH]c2=S)CC1C. The molecular weight excluding hydrogens is 210 g/mol. The number of nitrogens with zero attached hydrogens (tertiary/aromatic N) is 1. The number of rotatable bonds is 1. The lowest BCUT2D eigenvalue weighted by Crippen LogP contribution is -2.29. The van der Waals surface area contributed by atoms with Crippen molar-refractivity contribution in [3.05, 3.63) is 15.3 Å². The molecule has 0 aliphatic heterocycles. The Kier molecular flexibility index (Phi) is 2.82. The van der Waals surface area contributed by atoms with Gasteiger partial charge in [0.1, 0.15) is 0 Å². The van der Waals surface area contributed by atoms with Crippen molar-refractivity contribution in [3.63, 3.8) is 0 Å². The second kappa shape index (κ2) is 3.96. The van der Waals surface area contributed by atoms with E-state index in [0.717, 1.165) is 18.8 Å². The maximum atomic E-state index is 11.5. The van der Waals surface area contributed by atoms with Crippen molar-refractivity contribution >= 4 is 12.2 Å². The Morgan fingerprint density at radius 1 is 1.27 bits per heavy atom. The molecule has 1 aliphatic carbocycles. The molecule has 1 saturated carbocycles. The van der Waals surface area contributed by atoms with E-state index in [4.69, 9.17) is 12.2 Å². The van der Waals surface area contributed by atoms with Crippen LogP contribution in [0.3, 0.4) is 0 Å². The molecule has 1 aliphatic rings. The van der Waals surface area contributed by atoms with Crippen LogP contribution in [0.25, 0.3) is 0 Å². The predicted molar refractivity (Wildman–Crippen MR) is 61.5 cm³/mol. The summed E-state index contributed by atoms with van der Waals surface area (Å²) in [7, 11) is 0. The van der Waals surface area contributed by atoms with Gasteiger partial charge < -0.3 is 0 Å². The van der Waals surface area contributed by atoms with Crippen LogP contribution < -0.4 is 5.69 Å². The summed E-state index contributed by atoms with van der Waals surface area (Å²) in [6, 6.07) is 0.277. The molecule has 5 heteroatoms. The van der Waals surface area contributed by atoms with E-state index >= 15 is 0 Å². The highest BCUT2D eigenvalue weighted by molar-refractivity contribution is 7.71. The van der Waals surface area contributed by atoms with Gasteiger partial charge in [-0.15, -0.1) is 0 Å². The highest BCUT2D eigenvalue weighted by Gasteiger charge is 2.26. The second-order valence-corrected chi connectivity index (χ2v) is 5.04. The van der Waals surface area contributed by atoms with Crippen molar-refractivity contribution in [2.24, 2.45) is 11.8 Å². The molecule has 15 heavy (non-hydrogen) atoms. The van der Waals surface area contributed by atoms with Crippen molar-refractivity contribution in [2.75, 3.05) is 0 Å². The fourth-order valence-corrected chi connectivity index (χ4v) is 2.69. The minimum atomic E-state index is -0.105. The van der Waals surface area contributed by atoms with Crippen LogP contribution in [-0.2, 0) is 0 Å². The van der Waals surface area contributed by atoms with Crippen molar-refractivity contribution in [1.82, 2.24) is 14.8 Å². The van der Waals surface area contributed by atoms with Gasteiger partial charge in [0.15, 0.2) is 4.77 Å². The van der Waals surface area contributed by atoms with Gasteiger partial charge in [-0.05, 0) is 43.3 Å². The molecule has 0 radical (unpaired) electrons. The van der Waals surface area contributed by atoms with Crippen molar-refractivity contribution in [2.45, 2.75) is 39.2 Å². The number of H-pyrrole nitrogens is 2. The zero-order chi connectivity index (χ0) is 11.0. The van der Waals surface area contributed by atoms with E-state index in [0.29, 0.717) is 10.7 Å². The lowest BCUT2D eigenvalue weighted by molar-refractivity contribution is 0.207. The number of nitrogens with one attached hydrogen (secondary N) is 2. The molecule has 1 fully saturated rings. The third-order valence-electron chi connectivity index (χ3n) is 3.65. The van der Waals surface area contributed by atoms with Crippen LogP contribution in [0.5, 0.6) is 0 Å². The van der Waals surface area contributed by atoms with Crippen LogP contribution >= 0.6 is 12.2 Å². The van der Waals surface area contributed by atoms with E-state index in [1.54, 1.807) is 4.57 Å². The lowest BCUT2D eigenvalue weighted by Gasteiger charge is -2.31. The quantitative estimate of drug-likeness (QED) is 0.723. The Hall–Kier alpha value is -0.840. The van der Waals surface area contributed by atoms with E-state index in [1.165, 1.54) is 6.42 Å². The number of hydrogen-bond donors (Lipinski definition) is 2. The van der Waals surface area contributed by atoms with Gasteiger partial charge in [0, 0.05) is 6.04 Å². The van der Waals surface area contributed by atoms with Crippen molar-refractivity contribution in [1.29, 1.82) is 0 Å². The summed E-state index contributed by atoms with van der Waals surface area (Å²) in [6.07, 6.45) is 3.29. The molecule has 0 amide bonds. The first-order chi connectivity index (χ1) is 7.09. The molecule has 0 aromatic carbocycles. The summed E-state index contributed by atoms with van der Waals surface area (Å²) in [4.78, 5) is 11.5. The number of aromatic nitrogens is 3. The predicted octanol–water partition coefficient (Wildman–Crippen LogP) is 2.23. The van der Waals surface area contributed by atoms with Gasteiger partial charge in [0.25, 0.3) is 0 Å². The fourth-order valence-electron chi connectivity index (χ4n) is 2.40. The summed E-state index contributed by atoms with van der Waals surface area (Å²) in [6.45, 7) is 4.53. The third-order valence-corrected chi connectivity index (χ3v) is 3.95. The lowest BCUT2D eigenvalue weighted by atomic mass is 9.79. The molecule has 84 valence electrons. The monoisotopic (exact) mass is 227 g/mol. The first-order valence-corrected chi connectivity index (χ1v) is 5.89. The van der Waals surface area contributed by atoms with Crippen LogP contribution in [0.1, 0.15) is 39.2 Å². The second-order valence-electron chi connectivity index (χ2n) is 4.65. The Morgan fingerprint density at radius 2 is 2.00 bits per heavy atom. The number of aromatic amines is 2. The Bertz CT molecular complexity index is 417. The molecule has 1 aromatic rings. The van der Waals surface area contributed by atoms with E-state index in [2.05, 4.69) is 24.0 Å². The molecule has 0 spiro atoms. The van der Waals surface area contributed by atoms with Crippen LogP contribution in [-0.4, -0.2) is 14.8 Å². The smallest absolute Gasteiger partial charge is 0.272 e. The summed E-state index contributed by atoms with van der Waals surface area (Å²) in [5.41, 5.74) is -0.105. The van der Waals surface area contributed by atoms with Gasteiger partial charge in [-0.3, -0.25) is 9.67 Å². The van der Waals surface area contributed by atoms with E-state index in [-0.39, 0.29) is 11.7 Å². The molecule has 2 N–H and O–H groups in total. The highest BCUT2D eigenvalue weighted by Crippen LogP contribution is 2.35. The molecule has 0 saturated heterocycles. The third kappa shape index (κ3) is 1.93. The minimum absolute atomic E-state index is 0.105. The maximum absolute atomic E-state index is 11.5. The first kappa shape index (κ1) is 10.7. The summed E-state index contributed by atoms with van der Waals surface area (Å²) >= 11 is 5.10. The van der Waals surface area contributed by atoms with Crippen molar-refractivity contribution < 1.29 is 0 Å². The van der Waals surface area contributed by atoms with E-state index in [9.17, 15) is 4.79 Å². The average molecular weight is 227 g/mol. The fraction of sp³-hybridized carbons (Fsp3) is 0.800. The number of hydrogen-bond acceptors (Lipinski definition) is 2. The zero-order valence-corrected chi connectivity index (χ0v) is 9.93. The summed E-state index contributed by atoms with van der Waals surface area (Å²) < 4.78 is 2.21. The van der Waals surface area contributed by atoms with Crippen LogP contribution in [0.2, 0.25) is 0 Å². The van der Waals surface area contributed by atoms with Gasteiger partial charge >= 0.3 is 5.69 Å². The molecule has 2 rings (SSSR count). The molecule has 3 unspecified atom stereocenters. The van der Waals surface area contributed by atoms with Crippen LogP contribution in [0.15, 0.2) is 4.79 Å². The summed E-state index contributed by atoms with van der Waals surface area (Å²) in [5, 5.41) is 5.24. The Labute approximate surface area is 93.7 Å². The first-order valence-electron chi connectivity index (χ1n) is 5.48. The van der Waals surface area contributed by atoms with E-state index in [1.807, 2.05) is 0 Å². The van der Waals surface area contributed by atoms with Gasteiger partial charge in [0.05, 0.1) is 0 Å². The van der Waals surface area contributed by atoms with Crippen LogP contribution in [0.4, 0.5) is 0 Å². The molecule has 1 heterocycles. The zero-order valence-electron chi connectivity index (χ0n) is 9.12.